The number of phenols is 1. The molecule has 132 valence electrons. The van der Waals surface area contributed by atoms with Gasteiger partial charge >= 0.3 is 5.97 Å². The Morgan fingerprint density at radius 3 is 2.46 bits per heavy atom. The summed E-state index contributed by atoms with van der Waals surface area (Å²) in [5, 5.41) is 24.5. The molecule has 6 nitrogen and oxygen atoms in total. The molecule has 7 heteroatoms. The fourth-order valence-electron chi connectivity index (χ4n) is 2.76. The first-order valence-electron chi connectivity index (χ1n) is 7.81. The van der Waals surface area contributed by atoms with Crippen LogP contribution in [0.15, 0.2) is 70.3 Å². The average Bonchev–Trinajstić information content (AvgIpc) is 3.06. The van der Waals surface area contributed by atoms with Crippen molar-refractivity contribution in [3.8, 4) is 5.75 Å². The molecule has 2 aromatic carbocycles. The summed E-state index contributed by atoms with van der Waals surface area (Å²) in [4.78, 5) is 23.2. The van der Waals surface area contributed by atoms with Crippen LogP contribution >= 0.6 is 15.9 Å². The Balaban J connectivity index is 1.98. The number of nitrogens with zero attached hydrogens (tertiary/aromatic N) is 2. The molecule has 1 aliphatic rings. The second-order valence-electron chi connectivity index (χ2n) is 5.69. The van der Waals surface area contributed by atoms with Crippen LogP contribution in [0.5, 0.6) is 5.75 Å². The monoisotopic (exact) mass is 414 g/mol. The van der Waals surface area contributed by atoms with Crippen LogP contribution in [-0.2, 0) is 9.59 Å². The highest BCUT2D eigenvalue weighted by Gasteiger charge is 2.33. The standard InChI is InChI=1S/C19H15BrN2O4/c20-13-7-5-12(6-8-13)15-11-16(14-3-1-2-4-17(14)23)22(21-15)18(24)9-10-19(25)26/h1-10,16,23H,11H2,(H,25,26)/b10-9-. The number of para-hydroxylation sites is 1. The van der Waals surface area contributed by atoms with Crippen LogP contribution in [0.2, 0.25) is 0 Å². The highest BCUT2D eigenvalue weighted by atomic mass is 79.9. The highest BCUT2D eigenvalue weighted by Crippen LogP contribution is 2.37. The summed E-state index contributed by atoms with van der Waals surface area (Å²) < 4.78 is 0.925. The first kappa shape index (κ1) is 17.9. The molecule has 0 fully saturated rings. The van der Waals surface area contributed by atoms with E-state index in [2.05, 4.69) is 21.0 Å². The summed E-state index contributed by atoms with van der Waals surface area (Å²) in [6.45, 7) is 0. The minimum Gasteiger partial charge on any atom is -0.508 e. The van der Waals surface area contributed by atoms with E-state index in [1.807, 2.05) is 24.3 Å². The van der Waals surface area contributed by atoms with Crippen LogP contribution in [0.4, 0.5) is 0 Å². The van der Waals surface area contributed by atoms with Crippen molar-refractivity contribution in [2.24, 2.45) is 5.10 Å². The number of carbonyl (C=O) groups excluding carboxylic acids is 1. The fraction of sp³-hybridized carbons (Fsp3) is 0.105. The number of aromatic hydroxyl groups is 1. The van der Waals surface area contributed by atoms with Crippen molar-refractivity contribution >= 4 is 33.5 Å². The number of benzene rings is 2. The van der Waals surface area contributed by atoms with Gasteiger partial charge in [-0.3, -0.25) is 4.79 Å². The van der Waals surface area contributed by atoms with Crippen molar-refractivity contribution in [2.75, 3.05) is 0 Å². The highest BCUT2D eigenvalue weighted by molar-refractivity contribution is 9.10. The van der Waals surface area contributed by atoms with Crippen LogP contribution < -0.4 is 0 Å². The average molecular weight is 415 g/mol. The lowest BCUT2D eigenvalue weighted by atomic mass is 9.98. The molecular weight excluding hydrogens is 400 g/mol. The van der Waals surface area contributed by atoms with Crippen molar-refractivity contribution in [3.63, 3.8) is 0 Å². The number of halogens is 1. The van der Waals surface area contributed by atoms with E-state index in [1.54, 1.807) is 24.3 Å². The maximum Gasteiger partial charge on any atom is 0.328 e. The van der Waals surface area contributed by atoms with Crippen molar-refractivity contribution in [3.05, 3.63) is 76.3 Å². The third-order valence-electron chi connectivity index (χ3n) is 3.98. The Kier molecular flexibility index (Phi) is 5.18. The minimum absolute atomic E-state index is 0.0600. The number of carboxylic acid groups (broad SMARTS) is 1. The molecule has 1 unspecified atom stereocenters. The van der Waals surface area contributed by atoms with Crippen LogP contribution in [0.25, 0.3) is 0 Å². The fourth-order valence-corrected chi connectivity index (χ4v) is 3.03. The third-order valence-corrected chi connectivity index (χ3v) is 4.51. The van der Waals surface area contributed by atoms with E-state index in [1.165, 1.54) is 5.01 Å². The van der Waals surface area contributed by atoms with Crippen LogP contribution in [0.1, 0.15) is 23.6 Å². The molecule has 1 heterocycles. The summed E-state index contributed by atoms with van der Waals surface area (Å²) in [7, 11) is 0. The van der Waals surface area contributed by atoms with Crippen molar-refractivity contribution in [1.29, 1.82) is 0 Å². The zero-order chi connectivity index (χ0) is 18.7. The minimum atomic E-state index is -1.21. The number of hydrogen-bond acceptors (Lipinski definition) is 4. The quantitative estimate of drug-likeness (QED) is 0.749. The zero-order valence-electron chi connectivity index (χ0n) is 13.5. The molecule has 2 N–H and O–H groups in total. The Hall–Kier alpha value is -2.93. The first-order chi connectivity index (χ1) is 12.5. The molecule has 26 heavy (non-hydrogen) atoms. The predicted octanol–water partition coefficient (Wildman–Crippen LogP) is 3.47. The molecule has 0 spiro atoms. The topological polar surface area (TPSA) is 90.2 Å². The Bertz CT molecular complexity index is 906. The van der Waals surface area contributed by atoms with Crippen LogP contribution in [0.3, 0.4) is 0 Å². The summed E-state index contributed by atoms with van der Waals surface area (Å²) in [5.41, 5.74) is 2.09. The number of phenolic OH excluding ortho intramolecular Hbond substituents is 1. The van der Waals surface area contributed by atoms with Gasteiger partial charge in [0, 0.05) is 28.6 Å². The number of rotatable bonds is 4. The molecule has 1 aliphatic heterocycles. The summed E-state index contributed by atoms with van der Waals surface area (Å²) in [5.74, 6) is -1.72. The predicted molar refractivity (Wildman–Crippen MR) is 99.8 cm³/mol. The van der Waals surface area contributed by atoms with Crippen LogP contribution in [0, 0.1) is 0 Å². The number of hydrogen-bond donors (Lipinski definition) is 2. The van der Waals surface area contributed by atoms with Gasteiger partial charge in [-0.15, -0.1) is 0 Å². The largest absolute Gasteiger partial charge is 0.508 e. The number of carbonyl (C=O) groups is 2. The van der Waals surface area contributed by atoms with Crippen molar-refractivity contribution in [2.45, 2.75) is 12.5 Å². The van der Waals surface area contributed by atoms with E-state index >= 15 is 0 Å². The van der Waals surface area contributed by atoms with Gasteiger partial charge in [0.25, 0.3) is 5.91 Å². The summed E-state index contributed by atoms with van der Waals surface area (Å²) in [6.07, 6.45) is 2.15. The van der Waals surface area contributed by atoms with Gasteiger partial charge in [0.1, 0.15) is 5.75 Å². The van der Waals surface area contributed by atoms with E-state index in [0.29, 0.717) is 17.7 Å². The number of aliphatic carboxylic acids is 1. The molecule has 2 aromatic rings. The Morgan fingerprint density at radius 2 is 1.81 bits per heavy atom. The molecule has 0 saturated carbocycles. The molecule has 1 atom stereocenters. The van der Waals surface area contributed by atoms with E-state index in [9.17, 15) is 14.7 Å². The second-order valence-corrected chi connectivity index (χ2v) is 6.60. The van der Waals surface area contributed by atoms with Gasteiger partial charge in [-0.25, -0.2) is 9.80 Å². The van der Waals surface area contributed by atoms with Gasteiger partial charge < -0.3 is 10.2 Å². The maximum atomic E-state index is 12.5. The smallest absolute Gasteiger partial charge is 0.328 e. The van der Waals surface area contributed by atoms with E-state index < -0.39 is 17.9 Å². The molecule has 0 aliphatic carbocycles. The summed E-state index contributed by atoms with van der Waals surface area (Å²) in [6, 6.07) is 13.7. The lowest BCUT2D eigenvalue weighted by Crippen LogP contribution is -2.25. The molecule has 1 amide bonds. The lowest BCUT2D eigenvalue weighted by Gasteiger charge is -2.21. The third kappa shape index (κ3) is 3.83. The van der Waals surface area contributed by atoms with Crippen molar-refractivity contribution in [1.82, 2.24) is 5.01 Å². The zero-order valence-corrected chi connectivity index (χ0v) is 15.1. The molecule has 0 bridgehead atoms. The number of carboxylic acids is 1. The van der Waals surface area contributed by atoms with E-state index in [4.69, 9.17) is 5.11 Å². The molecule has 0 radical (unpaired) electrons. The van der Waals surface area contributed by atoms with Gasteiger partial charge in [0.15, 0.2) is 0 Å². The normalized spacial score (nSPS) is 16.7. The molecular formula is C19H15BrN2O4. The summed E-state index contributed by atoms with van der Waals surface area (Å²) >= 11 is 3.38. The Labute approximate surface area is 158 Å². The van der Waals surface area contributed by atoms with Crippen LogP contribution in [-0.4, -0.2) is 32.8 Å². The van der Waals surface area contributed by atoms with Crippen molar-refractivity contribution < 1.29 is 19.8 Å². The lowest BCUT2D eigenvalue weighted by molar-refractivity contribution is -0.132. The number of amides is 1. The second kappa shape index (κ2) is 7.53. The van der Waals surface area contributed by atoms with Gasteiger partial charge in [-0.2, -0.15) is 5.10 Å². The SMILES string of the molecule is O=C(O)/C=C\C(=O)N1N=C(c2ccc(Br)cc2)CC1c1ccccc1O. The van der Waals surface area contributed by atoms with Gasteiger partial charge in [-0.05, 0) is 23.8 Å². The van der Waals surface area contributed by atoms with E-state index in [0.717, 1.165) is 22.2 Å². The van der Waals surface area contributed by atoms with Gasteiger partial charge in [-0.1, -0.05) is 46.3 Å². The maximum absolute atomic E-state index is 12.5. The molecule has 3 rings (SSSR count). The Morgan fingerprint density at radius 1 is 1.12 bits per heavy atom. The first-order valence-corrected chi connectivity index (χ1v) is 8.60. The molecule has 0 aromatic heterocycles. The molecule has 0 saturated heterocycles. The number of hydrazone groups is 1. The van der Waals surface area contributed by atoms with Gasteiger partial charge in [0.2, 0.25) is 0 Å². The van der Waals surface area contributed by atoms with E-state index in [-0.39, 0.29) is 5.75 Å². The van der Waals surface area contributed by atoms with Gasteiger partial charge in [0.05, 0.1) is 11.8 Å².